The molecule has 1 aliphatic heterocycles. The highest BCUT2D eigenvalue weighted by Crippen LogP contribution is 2.31. The Hall–Kier alpha value is -3.19. The van der Waals surface area contributed by atoms with Gasteiger partial charge in [0.2, 0.25) is 0 Å². The van der Waals surface area contributed by atoms with Crippen LogP contribution in [0.1, 0.15) is 43.9 Å². The van der Waals surface area contributed by atoms with Crippen LogP contribution in [-0.4, -0.2) is 46.2 Å². The lowest BCUT2D eigenvalue weighted by molar-refractivity contribution is 0.197. The highest BCUT2D eigenvalue weighted by Gasteiger charge is 2.24. The Balaban J connectivity index is 1.50. The lowest BCUT2D eigenvalue weighted by atomic mass is 9.94. The Bertz CT molecular complexity index is 1100. The van der Waals surface area contributed by atoms with Gasteiger partial charge < -0.3 is 14.5 Å². The van der Waals surface area contributed by atoms with Crippen LogP contribution in [0, 0.1) is 0 Å². The number of ether oxygens (including phenoxy) is 2. The second-order valence-electron chi connectivity index (χ2n) is 8.49. The molecule has 168 valence electrons. The molecule has 32 heavy (non-hydrogen) atoms. The van der Waals surface area contributed by atoms with Gasteiger partial charge >= 0.3 is 0 Å². The van der Waals surface area contributed by atoms with Crippen LogP contribution in [0.15, 0.2) is 53.6 Å². The smallest absolute Gasteiger partial charge is 0.251 e. The lowest BCUT2D eigenvalue weighted by Gasteiger charge is -2.32. The third-order valence-corrected chi connectivity index (χ3v) is 5.62. The number of piperidine rings is 1. The number of nitrogens with zero attached hydrogens (tertiary/aromatic N) is 3. The molecule has 0 radical (unpaired) electrons. The van der Waals surface area contributed by atoms with Gasteiger partial charge in [0, 0.05) is 43.0 Å². The zero-order valence-corrected chi connectivity index (χ0v) is 18.9. The number of rotatable bonds is 7. The molecule has 0 bridgehead atoms. The second-order valence-corrected chi connectivity index (χ2v) is 8.49. The predicted octanol–water partition coefficient (Wildman–Crippen LogP) is 4.01. The van der Waals surface area contributed by atoms with E-state index in [0.717, 1.165) is 55.2 Å². The summed E-state index contributed by atoms with van der Waals surface area (Å²) in [4.78, 5) is 26.5. The van der Waals surface area contributed by atoms with Crippen LogP contribution in [0.25, 0.3) is 11.4 Å². The molecule has 7 heteroatoms. The molecule has 4 rings (SSSR count). The van der Waals surface area contributed by atoms with Gasteiger partial charge in [-0.25, -0.2) is 4.98 Å². The fourth-order valence-electron chi connectivity index (χ4n) is 4.19. The van der Waals surface area contributed by atoms with Crippen molar-refractivity contribution in [2.24, 2.45) is 0 Å². The third kappa shape index (κ3) is 5.34. The number of benzene rings is 1. The van der Waals surface area contributed by atoms with E-state index in [0.29, 0.717) is 5.82 Å². The Morgan fingerprint density at radius 2 is 2.09 bits per heavy atom. The van der Waals surface area contributed by atoms with Crippen LogP contribution in [0.4, 0.5) is 0 Å². The Morgan fingerprint density at radius 1 is 1.22 bits per heavy atom. The molecule has 1 fully saturated rings. The fourth-order valence-corrected chi connectivity index (χ4v) is 4.19. The zero-order chi connectivity index (χ0) is 22.5. The molecule has 1 aliphatic rings. The Kier molecular flexibility index (Phi) is 6.85. The molecule has 2 aromatic heterocycles. The minimum absolute atomic E-state index is 0.0932. The second kappa shape index (κ2) is 9.96. The fraction of sp³-hybridized carbons (Fsp3) is 0.400. The molecule has 3 heterocycles. The van der Waals surface area contributed by atoms with E-state index in [-0.39, 0.29) is 17.6 Å². The lowest BCUT2D eigenvalue weighted by Crippen LogP contribution is -2.34. The van der Waals surface area contributed by atoms with Crippen LogP contribution in [0.2, 0.25) is 0 Å². The summed E-state index contributed by atoms with van der Waals surface area (Å²) in [6, 6.07) is 11.5. The highest BCUT2D eigenvalue weighted by atomic mass is 16.5. The van der Waals surface area contributed by atoms with Crippen molar-refractivity contribution in [1.29, 1.82) is 0 Å². The molecular formula is C25H30N4O3. The van der Waals surface area contributed by atoms with Gasteiger partial charge in [-0.1, -0.05) is 6.07 Å². The number of hydrogen-bond donors (Lipinski definition) is 1. The molecular weight excluding hydrogens is 404 g/mol. The maximum absolute atomic E-state index is 12.3. The summed E-state index contributed by atoms with van der Waals surface area (Å²) in [5, 5.41) is 0. The minimum Gasteiger partial charge on any atom is -0.493 e. The van der Waals surface area contributed by atoms with Crippen molar-refractivity contribution in [3.05, 3.63) is 70.4 Å². The maximum atomic E-state index is 12.3. The Morgan fingerprint density at radius 3 is 2.84 bits per heavy atom. The monoisotopic (exact) mass is 434 g/mol. The molecule has 0 aliphatic carbocycles. The van der Waals surface area contributed by atoms with E-state index in [2.05, 4.69) is 20.9 Å². The van der Waals surface area contributed by atoms with E-state index in [1.165, 1.54) is 5.56 Å². The van der Waals surface area contributed by atoms with Crippen molar-refractivity contribution >= 4 is 0 Å². The summed E-state index contributed by atoms with van der Waals surface area (Å²) < 4.78 is 11.4. The Labute approximate surface area is 188 Å². The quantitative estimate of drug-likeness (QED) is 0.605. The minimum atomic E-state index is -0.128. The number of hydrogen-bond acceptors (Lipinski definition) is 6. The zero-order valence-electron chi connectivity index (χ0n) is 18.9. The van der Waals surface area contributed by atoms with Crippen LogP contribution in [0.5, 0.6) is 11.5 Å². The third-order valence-electron chi connectivity index (χ3n) is 5.62. The summed E-state index contributed by atoms with van der Waals surface area (Å²) in [5.41, 5.74) is 2.70. The van der Waals surface area contributed by atoms with Gasteiger partial charge in [0.1, 0.15) is 5.82 Å². The summed E-state index contributed by atoms with van der Waals surface area (Å²) in [5.74, 6) is 2.30. The van der Waals surface area contributed by atoms with Crippen LogP contribution >= 0.6 is 0 Å². The predicted molar refractivity (Wildman–Crippen MR) is 124 cm³/mol. The maximum Gasteiger partial charge on any atom is 0.251 e. The topological polar surface area (TPSA) is 80.3 Å². The number of aromatic nitrogens is 3. The van der Waals surface area contributed by atoms with Gasteiger partial charge in [0.25, 0.3) is 5.56 Å². The molecule has 1 saturated heterocycles. The van der Waals surface area contributed by atoms with Gasteiger partial charge in [0.05, 0.1) is 18.9 Å². The molecule has 1 unspecified atom stereocenters. The van der Waals surface area contributed by atoms with Crippen molar-refractivity contribution in [1.82, 2.24) is 19.9 Å². The molecule has 7 nitrogen and oxygen atoms in total. The highest BCUT2D eigenvalue weighted by molar-refractivity contribution is 5.52. The van der Waals surface area contributed by atoms with Crippen LogP contribution in [-0.2, 0) is 6.54 Å². The molecule has 0 saturated carbocycles. The van der Waals surface area contributed by atoms with E-state index in [4.69, 9.17) is 14.5 Å². The van der Waals surface area contributed by atoms with E-state index in [1.807, 2.05) is 38.1 Å². The summed E-state index contributed by atoms with van der Waals surface area (Å²) >= 11 is 0. The number of likely N-dealkylation sites (tertiary alicyclic amines) is 1. The van der Waals surface area contributed by atoms with Gasteiger partial charge in [0.15, 0.2) is 11.5 Å². The van der Waals surface area contributed by atoms with Crippen LogP contribution in [0.3, 0.4) is 0 Å². The SMILES string of the molecule is COc1cc(CN2CCCC(c3cc(=O)[nH]c(-c4cccnc4)n3)C2)ccc1OC(C)C. The first-order chi connectivity index (χ1) is 15.5. The molecule has 3 aromatic rings. The summed E-state index contributed by atoms with van der Waals surface area (Å²) in [6.07, 6.45) is 5.60. The number of nitrogens with one attached hydrogen (secondary N) is 1. The number of pyridine rings is 1. The molecule has 1 N–H and O–H groups in total. The van der Waals surface area contributed by atoms with Crippen molar-refractivity contribution < 1.29 is 9.47 Å². The van der Waals surface area contributed by atoms with Gasteiger partial charge in [-0.3, -0.25) is 14.7 Å². The van der Waals surface area contributed by atoms with Gasteiger partial charge in [-0.2, -0.15) is 0 Å². The van der Waals surface area contributed by atoms with Crippen LogP contribution < -0.4 is 15.0 Å². The van der Waals surface area contributed by atoms with Gasteiger partial charge in [-0.05, 0) is 63.1 Å². The van der Waals surface area contributed by atoms with E-state index >= 15 is 0 Å². The average molecular weight is 435 g/mol. The van der Waals surface area contributed by atoms with Crippen molar-refractivity contribution in [3.63, 3.8) is 0 Å². The number of H-pyrrole nitrogens is 1. The number of aromatic amines is 1. The summed E-state index contributed by atoms with van der Waals surface area (Å²) in [7, 11) is 1.67. The van der Waals surface area contributed by atoms with E-state index < -0.39 is 0 Å². The molecule has 0 amide bonds. The van der Waals surface area contributed by atoms with E-state index in [9.17, 15) is 4.79 Å². The van der Waals surface area contributed by atoms with Crippen molar-refractivity contribution in [2.75, 3.05) is 20.2 Å². The first-order valence-corrected chi connectivity index (χ1v) is 11.1. The molecule has 0 spiro atoms. The largest absolute Gasteiger partial charge is 0.493 e. The van der Waals surface area contributed by atoms with E-state index in [1.54, 1.807) is 25.6 Å². The van der Waals surface area contributed by atoms with Gasteiger partial charge in [-0.15, -0.1) is 0 Å². The van der Waals surface area contributed by atoms with Crippen molar-refractivity contribution in [2.45, 2.75) is 45.3 Å². The summed E-state index contributed by atoms with van der Waals surface area (Å²) in [6.45, 7) is 6.69. The first kappa shape index (κ1) is 22.0. The first-order valence-electron chi connectivity index (χ1n) is 11.1. The standard InChI is InChI=1S/C25H30N4O3/c1-17(2)32-22-9-8-18(12-23(22)31-3)15-29-11-5-7-20(16-29)21-13-24(30)28-25(27-21)19-6-4-10-26-14-19/h4,6,8-10,12-14,17,20H,5,7,11,15-16H2,1-3H3,(H,27,28,30). The molecule has 1 atom stereocenters. The normalized spacial score (nSPS) is 16.8. The average Bonchev–Trinajstić information content (AvgIpc) is 2.80. The molecule has 1 aromatic carbocycles. The van der Waals surface area contributed by atoms with Crippen molar-refractivity contribution in [3.8, 4) is 22.9 Å². The number of methoxy groups -OCH3 is 1.